The highest BCUT2D eigenvalue weighted by Crippen LogP contribution is 2.20. The highest BCUT2D eigenvalue weighted by molar-refractivity contribution is 6.00. The molecule has 1 heterocycles. The SMILES string of the molecule is CC(=O)NC(Cc1c[nH]c2ccccc12)C(=O)Nc1cccc(C(=O)N(C)C)c1. The van der Waals surface area contributed by atoms with E-state index in [1.165, 1.54) is 11.8 Å². The number of aromatic amines is 1. The van der Waals surface area contributed by atoms with Crippen molar-refractivity contribution in [2.45, 2.75) is 19.4 Å². The Hall–Kier alpha value is -3.61. The van der Waals surface area contributed by atoms with Gasteiger partial charge in [0.15, 0.2) is 0 Å². The van der Waals surface area contributed by atoms with E-state index < -0.39 is 6.04 Å². The molecule has 29 heavy (non-hydrogen) atoms. The van der Waals surface area contributed by atoms with Crippen LogP contribution in [0.3, 0.4) is 0 Å². The van der Waals surface area contributed by atoms with E-state index >= 15 is 0 Å². The minimum absolute atomic E-state index is 0.154. The highest BCUT2D eigenvalue weighted by Gasteiger charge is 2.22. The van der Waals surface area contributed by atoms with Gasteiger partial charge in [-0.3, -0.25) is 14.4 Å². The van der Waals surface area contributed by atoms with Crippen LogP contribution in [0.2, 0.25) is 0 Å². The molecular formula is C22H24N4O3. The Kier molecular flexibility index (Phi) is 5.97. The molecule has 0 saturated carbocycles. The number of amides is 3. The summed E-state index contributed by atoms with van der Waals surface area (Å²) in [6.07, 6.45) is 2.19. The molecule has 0 aliphatic heterocycles. The van der Waals surface area contributed by atoms with Crippen LogP contribution >= 0.6 is 0 Å². The van der Waals surface area contributed by atoms with Gasteiger partial charge in [-0.05, 0) is 29.8 Å². The van der Waals surface area contributed by atoms with E-state index in [-0.39, 0.29) is 17.7 Å². The van der Waals surface area contributed by atoms with Gasteiger partial charge in [0.2, 0.25) is 11.8 Å². The summed E-state index contributed by atoms with van der Waals surface area (Å²) >= 11 is 0. The predicted octanol–water partition coefficient (Wildman–Crippen LogP) is 2.56. The lowest BCUT2D eigenvalue weighted by molar-refractivity contribution is -0.125. The highest BCUT2D eigenvalue weighted by atomic mass is 16.2. The smallest absolute Gasteiger partial charge is 0.253 e. The molecule has 3 rings (SSSR count). The van der Waals surface area contributed by atoms with Crippen molar-refractivity contribution in [1.29, 1.82) is 0 Å². The number of nitrogens with zero attached hydrogens (tertiary/aromatic N) is 1. The topological polar surface area (TPSA) is 94.3 Å². The maximum Gasteiger partial charge on any atom is 0.253 e. The van der Waals surface area contributed by atoms with Crippen molar-refractivity contribution < 1.29 is 14.4 Å². The molecule has 0 bridgehead atoms. The van der Waals surface area contributed by atoms with Gasteiger partial charge in [-0.1, -0.05) is 24.3 Å². The molecule has 0 aliphatic rings. The molecule has 1 atom stereocenters. The summed E-state index contributed by atoms with van der Waals surface area (Å²) in [6.45, 7) is 1.38. The largest absolute Gasteiger partial charge is 0.361 e. The number of aromatic nitrogens is 1. The van der Waals surface area contributed by atoms with Crippen molar-refractivity contribution in [2.24, 2.45) is 0 Å². The van der Waals surface area contributed by atoms with Crippen LogP contribution in [-0.4, -0.2) is 47.7 Å². The fourth-order valence-electron chi connectivity index (χ4n) is 3.19. The number of H-pyrrole nitrogens is 1. The molecule has 3 amide bonds. The van der Waals surface area contributed by atoms with Gasteiger partial charge >= 0.3 is 0 Å². The molecule has 0 aliphatic carbocycles. The van der Waals surface area contributed by atoms with Gasteiger partial charge in [0.25, 0.3) is 5.91 Å². The molecule has 2 aromatic carbocycles. The molecule has 0 spiro atoms. The zero-order valence-corrected chi connectivity index (χ0v) is 16.7. The van der Waals surface area contributed by atoms with E-state index in [1.807, 2.05) is 30.5 Å². The molecule has 7 heteroatoms. The quantitative estimate of drug-likeness (QED) is 0.602. The van der Waals surface area contributed by atoms with Gasteiger partial charge in [0.05, 0.1) is 0 Å². The lowest BCUT2D eigenvalue weighted by atomic mass is 10.0. The molecule has 0 fully saturated rings. The first-order chi connectivity index (χ1) is 13.8. The van der Waals surface area contributed by atoms with Crippen molar-refractivity contribution in [1.82, 2.24) is 15.2 Å². The first kappa shape index (κ1) is 20.1. The van der Waals surface area contributed by atoms with Crippen molar-refractivity contribution in [3.8, 4) is 0 Å². The number of carbonyl (C=O) groups is 3. The lowest BCUT2D eigenvalue weighted by Crippen LogP contribution is -2.44. The molecule has 1 aromatic heterocycles. The van der Waals surface area contributed by atoms with E-state index in [4.69, 9.17) is 0 Å². The predicted molar refractivity (Wildman–Crippen MR) is 113 cm³/mol. The van der Waals surface area contributed by atoms with Crippen LogP contribution in [0.1, 0.15) is 22.8 Å². The summed E-state index contributed by atoms with van der Waals surface area (Å²) in [5, 5.41) is 6.53. The van der Waals surface area contributed by atoms with Crippen LogP contribution in [-0.2, 0) is 16.0 Å². The van der Waals surface area contributed by atoms with E-state index in [0.717, 1.165) is 16.5 Å². The van der Waals surface area contributed by atoms with Gasteiger partial charge in [0.1, 0.15) is 6.04 Å². The van der Waals surface area contributed by atoms with Crippen LogP contribution in [0.25, 0.3) is 10.9 Å². The number of benzene rings is 2. The van der Waals surface area contributed by atoms with E-state index in [1.54, 1.807) is 38.4 Å². The Morgan fingerprint density at radius 3 is 2.55 bits per heavy atom. The van der Waals surface area contributed by atoms with Crippen molar-refractivity contribution >= 4 is 34.3 Å². The van der Waals surface area contributed by atoms with Crippen LogP contribution in [0, 0.1) is 0 Å². The Morgan fingerprint density at radius 2 is 1.83 bits per heavy atom. The first-order valence-corrected chi connectivity index (χ1v) is 9.30. The molecule has 0 saturated heterocycles. The summed E-state index contributed by atoms with van der Waals surface area (Å²) in [7, 11) is 3.34. The van der Waals surface area contributed by atoms with Gasteiger partial charge in [0, 0.05) is 55.8 Å². The number of anilines is 1. The molecular weight excluding hydrogens is 368 g/mol. The number of fused-ring (bicyclic) bond motifs is 1. The third kappa shape index (κ3) is 4.82. The summed E-state index contributed by atoms with van der Waals surface area (Å²) in [5.74, 6) is -0.792. The lowest BCUT2D eigenvalue weighted by Gasteiger charge is -2.18. The second-order valence-corrected chi connectivity index (χ2v) is 7.09. The number of para-hydroxylation sites is 1. The fourth-order valence-corrected chi connectivity index (χ4v) is 3.19. The molecule has 3 N–H and O–H groups in total. The second-order valence-electron chi connectivity index (χ2n) is 7.09. The fraction of sp³-hybridized carbons (Fsp3) is 0.227. The molecule has 150 valence electrons. The van der Waals surface area contributed by atoms with Gasteiger partial charge < -0.3 is 20.5 Å². The average molecular weight is 392 g/mol. The van der Waals surface area contributed by atoms with Crippen molar-refractivity contribution in [3.05, 3.63) is 65.9 Å². The van der Waals surface area contributed by atoms with Gasteiger partial charge in [-0.25, -0.2) is 0 Å². The molecule has 7 nitrogen and oxygen atoms in total. The molecule has 1 unspecified atom stereocenters. The summed E-state index contributed by atoms with van der Waals surface area (Å²) in [4.78, 5) is 41.4. The summed E-state index contributed by atoms with van der Waals surface area (Å²) in [6, 6.07) is 13.8. The Bertz CT molecular complexity index is 1050. The minimum atomic E-state index is -0.750. The van der Waals surface area contributed by atoms with Crippen LogP contribution in [0.5, 0.6) is 0 Å². The third-order valence-electron chi connectivity index (χ3n) is 4.58. The minimum Gasteiger partial charge on any atom is -0.361 e. The maximum atomic E-state index is 12.9. The van der Waals surface area contributed by atoms with Crippen LogP contribution in [0.15, 0.2) is 54.7 Å². The monoisotopic (exact) mass is 392 g/mol. The third-order valence-corrected chi connectivity index (χ3v) is 4.58. The van der Waals surface area contributed by atoms with Crippen LogP contribution < -0.4 is 10.6 Å². The van der Waals surface area contributed by atoms with Gasteiger partial charge in [-0.2, -0.15) is 0 Å². The standard InChI is InChI=1S/C22H24N4O3/c1-14(27)24-20(12-16-13-23-19-10-5-4-9-18(16)19)21(28)25-17-8-6-7-15(11-17)22(29)26(2)3/h4-11,13,20,23H,12H2,1-3H3,(H,24,27)(H,25,28). The zero-order chi connectivity index (χ0) is 21.0. The maximum absolute atomic E-state index is 12.9. The Labute approximate surface area is 169 Å². The van der Waals surface area contributed by atoms with Crippen molar-refractivity contribution in [3.63, 3.8) is 0 Å². The summed E-state index contributed by atoms with van der Waals surface area (Å²) in [5.41, 5.74) is 2.88. The number of hydrogen-bond donors (Lipinski definition) is 3. The first-order valence-electron chi connectivity index (χ1n) is 9.30. The normalized spacial score (nSPS) is 11.7. The Balaban J connectivity index is 1.80. The number of hydrogen-bond acceptors (Lipinski definition) is 3. The van der Waals surface area contributed by atoms with Crippen molar-refractivity contribution in [2.75, 3.05) is 19.4 Å². The summed E-state index contributed by atoms with van der Waals surface area (Å²) < 4.78 is 0. The van der Waals surface area contributed by atoms with E-state index in [9.17, 15) is 14.4 Å². The zero-order valence-electron chi connectivity index (χ0n) is 16.7. The molecule has 3 aromatic rings. The van der Waals surface area contributed by atoms with Gasteiger partial charge in [-0.15, -0.1) is 0 Å². The Morgan fingerprint density at radius 1 is 1.07 bits per heavy atom. The molecule has 0 radical (unpaired) electrons. The second kappa shape index (κ2) is 8.60. The number of nitrogens with one attached hydrogen (secondary N) is 3. The van der Waals surface area contributed by atoms with Crippen LogP contribution in [0.4, 0.5) is 5.69 Å². The number of rotatable bonds is 6. The van der Waals surface area contributed by atoms with E-state index in [2.05, 4.69) is 15.6 Å². The average Bonchev–Trinajstić information content (AvgIpc) is 3.09. The number of carbonyl (C=O) groups excluding carboxylic acids is 3. The van der Waals surface area contributed by atoms with E-state index in [0.29, 0.717) is 17.7 Å².